The van der Waals surface area contributed by atoms with Crippen LogP contribution in [0.1, 0.15) is 36.5 Å². The zero-order chi connectivity index (χ0) is 20.9. The maximum absolute atomic E-state index is 12.9. The fraction of sp³-hybridized carbons (Fsp3) is 0.292. The lowest BCUT2D eigenvalue weighted by molar-refractivity contribution is 0.0748. The number of anilines is 2. The topological polar surface area (TPSA) is 58.1 Å². The Balaban J connectivity index is 1.45. The molecule has 1 aliphatic rings. The van der Waals surface area contributed by atoms with Crippen LogP contribution in [0.2, 0.25) is 5.02 Å². The molecule has 0 atom stereocenters. The van der Waals surface area contributed by atoms with E-state index >= 15 is 0 Å². The number of aromatic nitrogens is 2. The normalized spacial score (nSPS) is 13.1. The molecule has 0 spiro atoms. The molecule has 1 heterocycles. The second-order valence-corrected chi connectivity index (χ2v) is 8.11. The fourth-order valence-electron chi connectivity index (χ4n) is 3.37. The third kappa shape index (κ3) is 5.16. The number of nitrogens with zero attached hydrogens (tertiary/aromatic N) is 3. The maximum Gasteiger partial charge on any atom is 0.253 e. The fourth-order valence-corrected chi connectivity index (χ4v) is 3.49. The molecule has 4 rings (SSSR count). The van der Waals surface area contributed by atoms with Crippen LogP contribution in [-0.2, 0) is 0 Å². The monoisotopic (exact) mass is 420 g/mol. The van der Waals surface area contributed by atoms with Crippen molar-refractivity contribution < 1.29 is 4.79 Å². The minimum atomic E-state index is 0.108. The summed E-state index contributed by atoms with van der Waals surface area (Å²) in [5, 5.41) is 3.91. The number of hydrogen-bond donors (Lipinski definition) is 1. The van der Waals surface area contributed by atoms with Crippen LogP contribution in [0.25, 0.3) is 11.3 Å². The summed E-state index contributed by atoms with van der Waals surface area (Å²) in [4.78, 5) is 23.7. The molecule has 1 aliphatic carbocycles. The summed E-state index contributed by atoms with van der Waals surface area (Å²) in [6.07, 6.45) is 5.17. The van der Waals surface area contributed by atoms with Gasteiger partial charge in [-0.05, 0) is 67.6 Å². The van der Waals surface area contributed by atoms with Gasteiger partial charge in [0.2, 0.25) is 5.95 Å². The number of amides is 1. The van der Waals surface area contributed by atoms with Crippen LogP contribution in [0.3, 0.4) is 0 Å². The first-order chi connectivity index (χ1) is 14.6. The largest absolute Gasteiger partial charge is 0.338 e. The van der Waals surface area contributed by atoms with E-state index < -0.39 is 0 Å². The quantitative estimate of drug-likeness (QED) is 0.500. The van der Waals surface area contributed by atoms with E-state index in [0.29, 0.717) is 22.5 Å². The number of hydrogen-bond acceptors (Lipinski definition) is 4. The molecule has 30 heavy (non-hydrogen) atoms. The molecule has 154 valence electrons. The standard InChI is InChI=1S/C24H25ClN4O/c1-2-15-29(16-17-3-4-17)23(30)19-7-11-21(12-8-19)27-24-26-14-13-22(28-24)18-5-9-20(25)10-6-18/h5-14,17H,2-4,15-16H2,1H3,(H,26,27,28). The number of rotatable bonds is 8. The average molecular weight is 421 g/mol. The smallest absolute Gasteiger partial charge is 0.253 e. The van der Waals surface area contributed by atoms with Gasteiger partial charge in [0, 0.05) is 41.1 Å². The first kappa shape index (κ1) is 20.4. The maximum atomic E-state index is 12.9. The Hall–Kier alpha value is -2.92. The summed E-state index contributed by atoms with van der Waals surface area (Å²) in [6.45, 7) is 3.79. The number of carbonyl (C=O) groups is 1. The van der Waals surface area contributed by atoms with Crippen LogP contribution in [0, 0.1) is 5.92 Å². The third-order valence-corrected chi connectivity index (χ3v) is 5.39. The molecule has 6 heteroatoms. The van der Waals surface area contributed by atoms with Gasteiger partial charge < -0.3 is 10.2 Å². The molecule has 0 radical (unpaired) electrons. The molecule has 0 unspecified atom stereocenters. The van der Waals surface area contributed by atoms with Gasteiger partial charge in [-0.25, -0.2) is 9.97 Å². The van der Waals surface area contributed by atoms with E-state index in [1.807, 2.05) is 59.5 Å². The predicted molar refractivity (Wildman–Crippen MR) is 121 cm³/mol. The molecule has 0 bridgehead atoms. The summed E-state index contributed by atoms with van der Waals surface area (Å²) < 4.78 is 0. The second kappa shape index (κ2) is 9.26. The Morgan fingerprint density at radius 3 is 2.50 bits per heavy atom. The molecule has 3 aromatic rings. The molecule has 1 amide bonds. The zero-order valence-corrected chi connectivity index (χ0v) is 17.8. The van der Waals surface area contributed by atoms with E-state index in [1.54, 1.807) is 6.20 Å². The van der Waals surface area contributed by atoms with Gasteiger partial charge in [-0.15, -0.1) is 0 Å². The summed E-state index contributed by atoms with van der Waals surface area (Å²) in [7, 11) is 0. The van der Waals surface area contributed by atoms with Gasteiger partial charge in [0.05, 0.1) is 5.69 Å². The minimum absolute atomic E-state index is 0.108. The van der Waals surface area contributed by atoms with Crippen molar-refractivity contribution in [3.63, 3.8) is 0 Å². The number of benzene rings is 2. The summed E-state index contributed by atoms with van der Waals surface area (Å²) in [5.41, 5.74) is 3.33. The van der Waals surface area contributed by atoms with Crippen LogP contribution < -0.4 is 5.32 Å². The predicted octanol–water partition coefficient (Wildman–Crippen LogP) is 5.80. The van der Waals surface area contributed by atoms with Crippen molar-refractivity contribution in [3.8, 4) is 11.3 Å². The molecule has 1 fully saturated rings. The Morgan fingerprint density at radius 1 is 1.10 bits per heavy atom. The van der Waals surface area contributed by atoms with Crippen LogP contribution >= 0.6 is 11.6 Å². The van der Waals surface area contributed by atoms with Gasteiger partial charge in [0.1, 0.15) is 0 Å². The van der Waals surface area contributed by atoms with E-state index in [2.05, 4.69) is 22.2 Å². The average Bonchev–Trinajstić information content (AvgIpc) is 3.58. The van der Waals surface area contributed by atoms with Gasteiger partial charge >= 0.3 is 0 Å². The van der Waals surface area contributed by atoms with Gasteiger partial charge in [-0.1, -0.05) is 30.7 Å². The highest BCUT2D eigenvalue weighted by molar-refractivity contribution is 6.30. The molecule has 0 saturated heterocycles. The number of halogens is 1. The first-order valence-electron chi connectivity index (χ1n) is 10.4. The molecule has 5 nitrogen and oxygen atoms in total. The minimum Gasteiger partial charge on any atom is -0.338 e. The Bertz CT molecular complexity index is 1000. The Kier molecular flexibility index (Phi) is 6.29. The van der Waals surface area contributed by atoms with Crippen LogP contribution in [0.4, 0.5) is 11.6 Å². The highest BCUT2D eigenvalue weighted by atomic mass is 35.5. The Labute approximate surface area is 182 Å². The van der Waals surface area contributed by atoms with Crippen LogP contribution in [-0.4, -0.2) is 33.9 Å². The highest BCUT2D eigenvalue weighted by Crippen LogP contribution is 2.30. The lowest BCUT2D eigenvalue weighted by Gasteiger charge is -2.22. The van der Waals surface area contributed by atoms with Gasteiger partial charge in [0.15, 0.2) is 0 Å². The molecule has 2 aromatic carbocycles. The van der Waals surface area contributed by atoms with Gasteiger partial charge in [-0.3, -0.25) is 4.79 Å². The van der Waals surface area contributed by atoms with E-state index in [-0.39, 0.29) is 5.91 Å². The second-order valence-electron chi connectivity index (χ2n) is 7.67. The van der Waals surface area contributed by atoms with Crippen molar-refractivity contribution in [3.05, 3.63) is 71.4 Å². The molecule has 0 aliphatic heterocycles. The SMILES string of the molecule is CCCN(CC1CC1)C(=O)c1ccc(Nc2nccc(-c3ccc(Cl)cc3)n2)cc1. The first-order valence-corrected chi connectivity index (χ1v) is 10.8. The molecule has 1 saturated carbocycles. The van der Waals surface area contributed by atoms with Crippen molar-refractivity contribution in [1.82, 2.24) is 14.9 Å². The summed E-state index contributed by atoms with van der Waals surface area (Å²) in [6, 6.07) is 16.9. The van der Waals surface area contributed by atoms with Crippen molar-refractivity contribution in [2.24, 2.45) is 5.92 Å². The molecular formula is C24H25ClN4O. The van der Waals surface area contributed by atoms with Crippen molar-refractivity contribution in [2.75, 3.05) is 18.4 Å². The summed E-state index contributed by atoms with van der Waals surface area (Å²) >= 11 is 5.97. The molecule has 1 N–H and O–H groups in total. The van der Waals surface area contributed by atoms with Crippen LogP contribution in [0.15, 0.2) is 60.8 Å². The van der Waals surface area contributed by atoms with Gasteiger partial charge in [-0.2, -0.15) is 0 Å². The van der Waals surface area contributed by atoms with E-state index in [1.165, 1.54) is 12.8 Å². The highest BCUT2D eigenvalue weighted by Gasteiger charge is 2.26. The van der Waals surface area contributed by atoms with E-state index in [4.69, 9.17) is 11.6 Å². The number of nitrogens with one attached hydrogen (secondary N) is 1. The van der Waals surface area contributed by atoms with Crippen molar-refractivity contribution >= 4 is 29.1 Å². The lowest BCUT2D eigenvalue weighted by Crippen LogP contribution is -2.33. The van der Waals surface area contributed by atoms with Crippen molar-refractivity contribution in [1.29, 1.82) is 0 Å². The van der Waals surface area contributed by atoms with Crippen LogP contribution in [0.5, 0.6) is 0 Å². The lowest BCUT2D eigenvalue weighted by atomic mass is 10.1. The summed E-state index contributed by atoms with van der Waals surface area (Å²) in [5.74, 6) is 1.30. The molecule has 1 aromatic heterocycles. The number of carbonyl (C=O) groups excluding carboxylic acids is 1. The van der Waals surface area contributed by atoms with Crippen molar-refractivity contribution in [2.45, 2.75) is 26.2 Å². The van der Waals surface area contributed by atoms with Gasteiger partial charge in [0.25, 0.3) is 5.91 Å². The van der Waals surface area contributed by atoms with E-state index in [9.17, 15) is 4.79 Å². The van der Waals surface area contributed by atoms with E-state index in [0.717, 1.165) is 36.5 Å². The third-order valence-electron chi connectivity index (χ3n) is 5.14. The Morgan fingerprint density at radius 2 is 1.83 bits per heavy atom. The molecular weight excluding hydrogens is 396 g/mol. The zero-order valence-electron chi connectivity index (χ0n) is 17.0.